The van der Waals surface area contributed by atoms with Crippen LogP contribution in [-0.2, 0) is 0 Å². The molecule has 0 saturated heterocycles. The van der Waals surface area contributed by atoms with Crippen molar-refractivity contribution in [3.8, 4) is 0 Å². The number of rotatable bonds is 5. The third-order valence-electron chi connectivity index (χ3n) is 2.82. The van der Waals surface area contributed by atoms with Gasteiger partial charge in [-0.3, -0.25) is 4.79 Å². The summed E-state index contributed by atoms with van der Waals surface area (Å²) in [6, 6.07) is 1.95. The molecule has 1 rings (SSSR count). The predicted octanol–water partition coefficient (Wildman–Crippen LogP) is 2.13. The first-order chi connectivity index (χ1) is 8.45. The summed E-state index contributed by atoms with van der Waals surface area (Å²) in [7, 11) is 0. The second-order valence-electron chi connectivity index (χ2n) is 4.29. The van der Waals surface area contributed by atoms with Crippen LogP contribution in [0.2, 0.25) is 0 Å². The van der Waals surface area contributed by atoms with Gasteiger partial charge in [-0.05, 0) is 31.4 Å². The second-order valence-corrected chi connectivity index (χ2v) is 4.29. The molecule has 0 aliphatic heterocycles. The summed E-state index contributed by atoms with van der Waals surface area (Å²) in [5.41, 5.74) is 5.80. The Labute approximate surface area is 105 Å². The van der Waals surface area contributed by atoms with E-state index >= 15 is 0 Å². The van der Waals surface area contributed by atoms with Crippen molar-refractivity contribution in [1.82, 2.24) is 5.32 Å². The molecule has 5 heteroatoms. The molecule has 1 amide bonds. The monoisotopic (exact) mass is 256 g/mol. The van der Waals surface area contributed by atoms with Gasteiger partial charge in [-0.2, -0.15) is 0 Å². The number of halogens is 2. The van der Waals surface area contributed by atoms with Crippen LogP contribution in [0.3, 0.4) is 0 Å². The lowest BCUT2D eigenvalue weighted by molar-refractivity contribution is 0.0948. The van der Waals surface area contributed by atoms with E-state index in [4.69, 9.17) is 5.73 Å². The van der Waals surface area contributed by atoms with E-state index in [0.717, 1.165) is 12.5 Å². The van der Waals surface area contributed by atoms with Gasteiger partial charge in [-0.15, -0.1) is 0 Å². The Morgan fingerprint density at radius 1 is 1.39 bits per heavy atom. The van der Waals surface area contributed by atoms with Gasteiger partial charge in [0.2, 0.25) is 0 Å². The Hall–Kier alpha value is -1.49. The van der Waals surface area contributed by atoms with E-state index in [1.165, 1.54) is 13.0 Å². The van der Waals surface area contributed by atoms with Crippen molar-refractivity contribution in [1.29, 1.82) is 0 Å². The average Bonchev–Trinajstić information content (AvgIpc) is 2.33. The van der Waals surface area contributed by atoms with E-state index in [-0.39, 0.29) is 17.2 Å². The van der Waals surface area contributed by atoms with Gasteiger partial charge in [0.1, 0.15) is 11.6 Å². The van der Waals surface area contributed by atoms with Gasteiger partial charge < -0.3 is 11.1 Å². The summed E-state index contributed by atoms with van der Waals surface area (Å²) in [5.74, 6) is -2.05. The first kappa shape index (κ1) is 14.6. The fourth-order valence-electron chi connectivity index (χ4n) is 1.50. The standard InChI is InChI=1S/C13H18F2N2O/c1-3-9(16)4-5-17-13(18)10-6-8(2)11(14)7-12(10)15/h6-7,9H,3-5,16H2,1-2H3,(H,17,18). The Kier molecular flexibility index (Phi) is 5.22. The summed E-state index contributed by atoms with van der Waals surface area (Å²) in [6.07, 6.45) is 1.45. The van der Waals surface area contributed by atoms with Crippen molar-refractivity contribution in [3.05, 3.63) is 34.9 Å². The van der Waals surface area contributed by atoms with Gasteiger partial charge in [-0.25, -0.2) is 8.78 Å². The topological polar surface area (TPSA) is 55.1 Å². The van der Waals surface area contributed by atoms with Crippen LogP contribution in [0.1, 0.15) is 35.7 Å². The van der Waals surface area contributed by atoms with Crippen molar-refractivity contribution in [2.45, 2.75) is 32.7 Å². The van der Waals surface area contributed by atoms with Crippen molar-refractivity contribution < 1.29 is 13.6 Å². The third-order valence-corrected chi connectivity index (χ3v) is 2.82. The molecule has 1 aromatic rings. The molecular formula is C13H18F2N2O. The molecule has 3 N–H and O–H groups in total. The first-order valence-corrected chi connectivity index (χ1v) is 5.95. The lowest BCUT2D eigenvalue weighted by atomic mass is 10.1. The van der Waals surface area contributed by atoms with E-state index in [1.54, 1.807) is 0 Å². The smallest absolute Gasteiger partial charge is 0.254 e. The molecule has 1 atom stereocenters. The SMILES string of the molecule is CCC(N)CCNC(=O)c1cc(C)c(F)cc1F. The predicted molar refractivity (Wildman–Crippen MR) is 66.3 cm³/mol. The van der Waals surface area contributed by atoms with Crippen LogP contribution in [0.15, 0.2) is 12.1 Å². The molecular weight excluding hydrogens is 238 g/mol. The Balaban J connectivity index is 2.64. The van der Waals surface area contributed by atoms with Gasteiger partial charge in [0.05, 0.1) is 5.56 Å². The Bertz CT molecular complexity index is 435. The fraction of sp³-hybridized carbons (Fsp3) is 0.462. The Morgan fingerprint density at radius 2 is 2.06 bits per heavy atom. The van der Waals surface area contributed by atoms with Crippen molar-refractivity contribution in [2.24, 2.45) is 5.73 Å². The summed E-state index contributed by atoms with van der Waals surface area (Å²) in [4.78, 5) is 11.7. The highest BCUT2D eigenvalue weighted by molar-refractivity contribution is 5.94. The second kappa shape index (κ2) is 6.44. The lowest BCUT2D eigenvalue weighted by Gasteiger charge is -2.10. The highest BCUT2D eigenvalue weighted by Gasteiger charge is 2.14. The van der Waals surface area contributed by atoms with Crippen LogP contribution in [-0.4, -0.2) is 18.5 Å². The molecule has 0 aromatic heterocycles. The molecule has 0 aliphatic rings. The number of nitrogens with one attached hydrogen (secondary N) is 1. The van der Waals surface area contributed by atoms with Gasteiger partial charge in [-0.1, -0.05) is 6.92 Å². The number of hydrogen-bond donors (Lipinski definition) is 2. The maximum absolute atomic E-state index is 13.4. The molecule has 100 valence electrons. The maximum Gasteiger partial charge on any atom is 0.254 e. The van der Waals surface area contributed by atoms with Crippen molar-refractivity contribution in [3.63, 3.8) is 0 Å². The number of carbonyl (C=O) groups excluding carboxylic acids is 1. The summed E-state index contributed by atoms with van der Waals surface area (Å²) in [5, 5.41) is 2.57. The third kappa shape index (κ3) is 3.77. The summed E-state index contributed by atoms with van der Waals surface area (Å²) >= 11 is 0. The molecule has 18 heavy (non-hydrogen) atoms. The minimum Gasteiger partial charge on any atom is -0.352 e. The van der Waals surface area contributed by atoms with Crippen molar-refractivity contribution in [2.75, 3.05) is 6.54 Å². The van der Waals surface area contributed by atoms with Crippen LogP contribution in [0.5, 0.6) is 0 Å². The van der Waals surface area contributed by atoms with E-state index < -0.39 is 17.5 Å². The lowest BCUT2D eigenvalue weighted by Crippen LogP contribution is -2.30. The van der Waals surface area contributed by atoms with E-state index in [9.17, 15) is 13.6 Å². The molecule has 0 fully saturated rings. The molecule has 3 nitrogen and oxygen atoms in total. The number of benzene rings is 1. The van der Waals surface area contributed by atoms with Crippen LogP contribution in [0.4, 0.5) is 8.78 Å². The summed E-state index contributed by atoms with van der Waals surface area (Å²) < 4.78 is 26.4. The van der Waals surface area contributed by atoms with Gasteiger partial charge in [0, 0.05) is 18.7 Å². The van der Waals surface area contributed by atoms with Gasteiger partial charge in [0.25, 0.3) is 5.91 Å². The van der Waals surface area contributed by atoms with Gasteiger partial charge >= 0.3 is 0 Å². The molecule has 1 aromatic carbocycles. The fourth-order valence-corrected chi connectivity index (χ4v) is 1.50. The zero-order valence-electron chi connectivity index (χ0n) is 10.6. The average molecular weight is 256 g/mol. The molecule has 0 bridgehead atoms. The maximum atomic E-state index is 13.4. The highest BCUT2D eigenvalue weighted by Crippen LogP contribution is 2.14. The molecule has 1 unspecified atom stereocenters. The minimum atomic E-state index is -0.851. The van der Waals surface area contributed by atoms with Crippen LogP contribution in [0.25, 0.3) is 0 Å². The largest absolute Gasteiger partial charge is 0.352 e. The number of aryl methyl sites for hydroxylation is 1. The number of carbonyl (C=O) groups is 1. The molecule has 0 radical (unpaired) electrons. The van der Waals surface area contributed by atoms with Crippen molar-refractivity contribution >= 4 is 5.91 Å². The molecule has 0 aliphatic carbocycles. The highest BCUT2D eigenvalue weighted by atomic mass is 19.1. The Morgan fingerprint density at radius 3 is 2.67 bits per heavy atom. The van der Waals surface area contributed by atoms with E-state index in [1.807, 2.05) is 6.92 Å². The number of nitrogens with two attached hydrogens (primary N) is 1. The summed E-state index contributed by atoms with van der Waals surface area (Å²) in [6.45, 7) is 3.82. The quantitative estimate of drug-likeness (QED) is 0.848. The number of amides is 1. The minimum absolute atomic E-state index is 0.0186. The molecule has 0 spiro atoms. The van der Waals surface area contributed by atoms with E-state index in [2.05, 4.69) is 5.32 Å². The zero-order chi connectivity index (χ0) is 13.7. The van der Waals surface area contributed by atoms with Crippen LogP contribution in [0, 0.1) is 18.6 Å². The zero-order valence-corrected chi connectivity index (χ0v) is 10.6. The normalized spacial score (nSPS) is 12.3. The van der Waals surface area contributed by atoms with E-state index in [0.29, 0.717) is 13.0 Å². The number of hydrogen-bond acceptors (Lipinski definition) is 2. The van der Waals surface area contributed by atoms with Gasteiger partial charge in [0.15, 0.2) is 0 Å². The van der Waals surface area contributed by atoms with Crippen LogP contribution >= 0.6 is 0 Å². The first-order valence-electron chi connectivity index (χ1n) is 5.95. The molecule has 0 heterocycles. The molecule has 0 saturated carbocycles. The van der Waals surface area contributed by atoms with Crippen LogP contribution < -0.4 is 11.1 Å².